The first-order chi connectivity index (χ1) is 7.69. The smallest absolute Gasteiger partial charge is 0.255 e. The van der Waals surface area contributed by atoms with Gasteiger partial charge in [0.05, 0.1) is 17.9 Å². The molecule has 1 rings (SSSR count). The molecule has 0 bridgehead atoms. The Balaban J connectivity index is 2.74. The standard InChI is InChI=1S/C10H16N4O2/c1-7-5-9(14-11)8(6-13-7)10(15)12-3-4-16-2/h5-6H,3-4,11H2,1-2H3,(H,12,15)(H,13,14). The molecule has 88 valence electrons. The van der Waals surface area contributed by atoms with Gasteiger partial charge in [-0.15, -0.1) is 0 Å². The highest BCUT2D eigenvalue weighted by Gasteiger charge is 2.10. The zero-order valence-electron chi connectivity index (χ0n) is 9.41. The summed E-state index contributed by atoms with van der Waals surface area (Å²) in [6.45, 7) is 2.75. The van der Waals surface area contributed by atoms with Crippen molar-refractivity contribution < 1.29 is 9.53 Å². The predicted molar refractivity (Wildman–Crippen MR) is 61.0 cm³/mol. The summed E-state index contributed by atoms with van der Waals surface area (Å²) in [6, 6.07) is 1.71. The summed E-state index contributed by atoms with van der Waals surface area (Å²) >= 11 is 0. The van der Waals surface area contributed by atoms with Crippen molar-refractivity contribution in [2.75, 3.05) is 25.7 Å². The zero-order valence-corrected chi connectivity index (χ0v) is 9.41. The van der Waals surface area contributed by atoms with Crippen molar-refractivity contribution in [3.63, 3.8) is 0 Å². The fourth-order valence-electron chi connectivity index (χ4n) is 1.22. The number of nitrogens with two attached hydrogens (primary N) is 1. The number of amides is 1. The largest absolute Gasteiger partial charge is 0.383 e. The lowest BCUT2D eigenvalue weighted by Gasteiger charge is -2.09. The van der Waals surface area contributed by atoms with Crippen LogP contribution in [0.1, 0.15) is 16.1 Å². The molecule has 6 nitrogen and oxygen atoms in total. The van der Waals surface area contributed by atoms with E-state index in [4.69, 9.17) is 10.6 Å². The summed E-state index contributed by atoms with van der Waals surface area (Å²) in [6.07, 6.45) is 1.49. The van der Waals surface area contributed by atoms with Gasteiger partial charge in [0.25, 0.3) is 5.91 Å². The van der Waals surface area contributed by atoms with Gasteiger partial charge in [-0.3, -0.25) is 15.6 Å². The Labute approximate surface area is 94.2 Å². The van der Waals surface area contributed by atoms with Crippen molar-refractivity contribution in [2.45, 2.75) is 6.92 Å². The minimum absolute atomic E-state index is 0.225. The van der Waals surface area contributed by atoms with Crippen LogP contribution in [-0.2, 0) is 4.74 Å². The van der Waals surface area contributed by atoms with Crippen LogP contribution >= 0.6 is 0 Å². The van der Waals surface area contributed by atoms with E-state index in [2.05, 4.69) is 15.7 Å². The summed E-state index contributed by atoms with van der Waals surface area (Å²) in [7, 11) is 1.58. The minimum Gasteiger partial charge on any atom is -0.383 e. The van der Waals surface area contributed by atoms with Crippen LogP contribution < -0.4 is 16.6 Å². The van der Waals surface area contributed by atoms with Gasteiger partial charge in [0.2, 0.25) is 0 Å². The Bertz CT molecular complexity index is 368. The van der Waals surface area contributed by atoms with Crippen molar-refractivity contribution >= 4 is 11.6 Å². The Morgan fingerprint density at radius 1 is 1.62 bits per heavy atom. The van der Waals surface area contributed by atoms with E-state index >= 15 is 0 Å². The maximum Gasteiger partial charge on any atom is 0.255 e. The lowest BCUT2D eigenvalue weighted by atomic mass is 10.2. The number of pyridine rings is 1. The average molecular weight is 224 g/mol. The molecule has 0 aliphatic carbocycles. The SMILES string of the molecule is COCCNC(=O)c1cnc(C)cc1NN. The number of nitrogens with one attached hydrogen (secondary N) is 2. The molecule has 1 heterocycles. The topological polar surface area (TPSA) is 89.3 Å². The molecule has 1 amide bonds. The van der Waals surface area contributed by atoms with Crippen LogP contribution in [0.25, 0.3) is 0 Å². The van der Waals surface area contributed by atoms with Crippen molar-refractivity contribution in [1.29, 1.82) is 0 Å². The van der Waals surface area contributed by atoms with E-state index in [0.717, 1.165) is 5.69 Å². The number of nitrogens with zero attached hydrogens (tertiary/aromatic N) is 1. The van der Waals surface area contributed by atoms with Crippen LogP contribution in [0.2, 0.25) is 0 Å². The van der Waals surface area contributed by atoms with Gasteiger partial charge in [0, 0.05) is 25.5 Å². The number of anilines is 1. The first-order valence-electron chi connectivity index (χ1n) is 4.89. The van der Waals surface area contributed by atoms with Crippen LogP contribution in [0.3, 0.4) is 0 Å². The number of carbonyl (C=O) groups excluding carboxylic acids is 1. The molecule has 0 fully saturated rings. The van der Waals surface area contributed by atoms with Crippen molar-refractivity contribution in [2.24, 2.45) is 5.84 Å². The summed E-state index contributed by atoms with van der Waals surface area (Å²) in [4.78, 5) is 15.8. The van der Waals surface area contributed by atoms with E-state index in [1.54, 1.807) is 13.2 Å². The molecule has 0 saturated carbocycles. The van der Waals surface area contributed by atoms with E-state index in [1.165, 1.54) is 6.20 Å². The van der Waals surface area contributed by atoms with E-state index in [-0.39, 0.29) is 5.91 Å². The molecule has 16 heavy (non-hydrogen) atoms. The molecule has 0 aromatic carbocycles. The molecule has 1 aromatic rings. The van der Waals surface area contributed by atoms with Crippen molar-refractivity contribution in [3.05, 3.63) is 23.5 Å². The zero-order chi connectivity index (χ0) is 12.0. The third-order valence-corrected chi connectivity index (χ3v) is 2.03. The first-order valence-corrected chi connectivity index (χ1v) is 4.89. The Hall–Kier alpha value is -1.66. The van der Waals surface area contributed by atoms with Gasteiger partial charge in [-0.05, 0) is 13.0 Å². The number of ether oxygens (including phenoxy) is 1. The molecule has 0 radical (unpaired) electrons. The monoisotopic (exact) mass is 224 g/mol. The van der Waals surface area contributed by atoms with Crippen molar-refractivity contribution in [1.82, 2.24) is 10.3 Å². The number of hydrazine groups is 1. The van der Waals surface area contributed by atoms with Gasteiger partial charge in [0.1, 0.15) is 0 Å². The molecule has 0 aliphatic heterocycles. The summed E-state index contributed by atoms with van der Waals surface area (Å²) in [5.74, 6) is 5.11. The third kappa shape index (κ3) is 3.18. The van der Waals surface area contributed by atoms with Crippen LogP contribution in [0.15, 0.2) is 12.3 Å². The fourth-order valence-corrected chi connectivity index (χ4v) is 1.22. The number of hydrogen-bond acceptors (Lipinski definition) is 5. The highest BCUT2D eigenvalue weighted by molar-refractivity contribution is 5.99. The van der Waals surface area contributed by atoms with Gasteiger partial charge in [-0.2, -0.15) is 0 Å². The van der Waals surface area contributed by atoms with Gasteiger partial charge in [-0.1, -0.05) is 0 Å². The molecule has 1 aromatic heterocycles. The van der Waals surface area contributed by atoms with E-state index in [9.17, 15) is 4.79 Å². The van der Waals surface area contributed by atoms with Gasteiger partial charge < -0.3 is 15.5 Å². The molecule has 0 aliphatic rings. The predicted octanol–water partition coefficient (Wildman–Crippen LogP) is 0.0518. The average Bonchev–Trinajstić information content (AvgIpc) is 2.29. The normalized spacial score (nSPS) is 9.94. The van der Waals surface area contributed by atoms with Crippen LogP contribution in [-0.4, -0.2) is 31.2 Å². The molecule has 4 N–H and O–H groups in total. The first kappa shape index (κ1) is 12.4. The number of aryl methyl sites for hydroxylation is 1. The van der Waals surface area contributed by atoms with Crippen LogP contribution in [0.4, 0.5) is 5.69 Å². The van der Waals surface area contributed by atoms with Crippen LogP contribution in [0.5, 0.6) is 0 Å². The van der Waals surface area contributed by atoms with Gasteiger partial charge in [-0.25, -0.2) is 0 Å². The van der Waals surface area contributed by atoms with E-state index in [0.29, 0.717) is 24.4 Å². The Morgan fingerprint density at radius 3 is 3.00 bits per heavy atom. The number of nitrogen functional groups attached to an aromatic ring is 1. The molecule has 0 atom stereocenters. The number of rotatable bonds is 5. The Kier molecular flexibility index (Phi) is 4.68. The number of carbonyl (C=O) groups is 1. The molecular weight excluding hydrogens is 208 g/mol. The third-order valence-electron chi connectivity index (χ3n) is 2.03. The van der Waals surface area contributed by atoms with E-state index in [1.807, 2.05) is 6.92 Å². The lowest BCUT2D eigenvalue weighted by Crippen LogP contribution is -2.28. The highest BCUT2D eigenvalue weighted by atomic mass is 16.5. The summed E-state index contributed by atoms with van der Waals surface area (Å²) < 4.78 is 4.83. The van der Waals surface area contributed by atoms with E-state index < -0.39 is 0 Å². The van der Waals surface area contributed by atoms with Gasteiger partial charge in [0.15, 0.2) is 0 Å². The molecule has 6 heteroatoms. The summed E-state index contributed by atoms with van der Waals surface area (Å²) in [5.41, 5.74) is 4.25. The quantitative estimate of drug-likeness (QED) is 0.373. The fraction of sp³-hybridized carbons (Fsp3) is 0.400. The number of aromatic nitrogens is 1. The number of methoxy groups -OCH3 is 1. The molecule has 0 saturated heterocycles. The second kappa shape index (κ2) is 6.04. The molecular formula is C10H16N4O2. The highest BCUT2D eigenvalue weighted by Crippen LogP contribution is 2.13. The lowest BCUT2D eigenvalue weighted by molar-refractivity contribution is 0.0937. The maximum absolute atomic E-state index is 11.7. The Morgan fingerprint density at radius 2 is 2.38 bits per heavy atom. The van der Waals surface area contributed by atoms with Crippen LogP contribution in [0, 0.1) is 6.92 Å². The number of hydrogen-bond donors (Lipinski definition) is 3. The second-order valence-electron chi connectivity index (χ2n) is 3.26. The van der Waals surface area contributed by atoms with Crippen molar-refractivity contribution in [3.8, 4) is 0 Å². The molecule has 0 unspecified atom stereocenters. The minimum atomic E-state index is -0.225. The molecule has 0 spiro atoms. The maximum atomic E-state index is 11.7. The van der Waals surface area contributed by atoms with Gasteiger partial charge >= 0.3 is 0 Å². The second-order valence-corrected chi connectivity index (χ2v) is 3.26. The summed E-state index contributed by atoms with van der Waals surface area (Å²) in [5, 5.41) is 2.69.